The summed E-state index contributed by atoms with van der Waals surface area (Å²) in [6.45, 7) is 2.75. The topological polar surface area (TPSA) is 47.6 Å². The van der Waals surface area contributed by atoms with Gasteiger partial charge in [-0.2, -0.15) is 0 Å². The number of benzene rings is 1. The third-order valence-corrected chi connectivity index (χ3v) is 3.95. The summed E-state index contributed by atoms with van der Waals surface area (Å²) in [6, 6.07) is 5.69. The van der Waals surface area contributed by atoms with Crippen LogP contribution in [0.1, 0.15) is 63.9 Å². The van der Waals surface area contributed by atoms with Crippen LogP contribution in [-0.2, 0) is 11.3 Å². The highest BCUT2D eigenvalue weighted by Crippen LogP contribution is 2.27. The molecule has 1 aromatic carbocycles. The highest BCUT2D eigenvalue weighted by molar-refractivity contribution is 5.75. The van der Waals surface area contributed by atoms with Gasteiger partial charge in [-0.1, -0.05) is 51.5 Å². The van der Waals surface area contributed by atoms with Crippen molar-refractivity contribution >= 4 is 5.91 Å². The Morgan fingerprint density at radius 2 is 1.61 bits per heavy atom. The Hall–Kier alpha value is -1.71. The number of rotatable bonds is 12. The molecular weight excluding hydrogens is 290 g/mol. The Balaban J connectivity index is 2.20. The minimum Gasteiger partial charge on any atom is -0.493 e. The third kappa shape index (κ3) is 7.91. The van der Waals surface area contributed by atoms with Gasteiger partial charge in [0.15, 0.2) is 11.5 Å². The zero-order chi connectivity index (χ0) is 16.9. The molecule has 0 radical (unpaired) electrons. The van der Waals surface area contributed by atoms with E-state index in [1.54, 1.807) is 14.2 Å². The van der Waals surface area contributed by atoms with E-state index in [0.717, 1.165) is 18.4 Å². The first kappa shape index (κ1) is 19.3. The van der Waals surface area contributed by atoms with Crippen LogP contribution >= 0.6 is 0 Å². The third-order valence-electron chi connectivity index (χ3n) is 3.95. The van der Waals surface area contributed by atoms with Crippen LogP contribution in [0.15, 0.2) is 18.2 Å². The molecule has 0 saturated heterocycles. The number of nitrogens with one attached hydrogen (secondary N) is 1. The van der Waals surface area contributed by atoms with E-state index >= 15 is 0 Å². The van der Waals surface area contributed by atoms with Gasteiger partial charge in [0, 0.05) is 13.0 Å². The van der Waals surface area contributed by atoms with Gasteiger partial charge in [-0.25, -0.2) is 0 Å². The lowest BCUT2D eigenvalue weighted by Gasteiger charge is -2.10. The Kier molecular flexibility index (Phi) is 9.92. The zero-order valence-corrected chi connectivity index (χ0v) is 14.8. The van der Waals surface area contributed by atoms with E-state index in [9.17, 15) is 4.79 Å². The fourth-order valence-electron chi connectivity index (χ4n) is 2.52. The van der Waals surface area contributed by atoms with Gasteiger partial charge in [0.05, 0.1) is 14.2 Å². The molecule has 130 valence electrons. The first-order valence-corrected chi connectivity index (χ1v) is 8.68. The van der Waals surface area contributed by atoms with Crippen LogP contribution in [0, 0.1) is 0 Å². The number of unbranched alkanes of at least 4 members (excludes halogenated alkanes) is 6. The van der Waals surface area contributed by atoms with Gasteiger partial charge >= 0.3 is 0 Å². The standard InChI is InChI=1S/C19H31NO3/c1-4-5-6-7-8-9-10-11-19(21)20-15-16-12-13-17(22-2)18(14-16)23-3/h12-14H,4-11,15H2,1-3H3,(H,20,21). The summed E-state index contributed by atoms with van der Waals surface area (Å²) in [5.41, 5.74) is 1.01. The number of amides is 1. The van der Waals surface area contributed by atoms with Gasteiger partial charge in [-0.15, -0.1) is 0 Å². The number of methoxy groups -OCH3 is 2. The maximum absolute atomic E-state index is 11.9. The van der Waals surface area contributed by atoms with Crippen molar-refractivity contribution in [3.8, 4) is 11.5 Å². The van der Waals surface area contributed by atoms with Crippen LogP contribution in [0.25, 0.3) is 0 Å². The van der Waals surface area contributed by atoms with Crippen molar-refractivity contribution in [3.63, 3.8) is 0 Å². The minimum atomic E-state index is 0.119. The van der Waals surface area contributed by atoms with Crippen LogP contribution in [-0.4, -0.2) is 20.1 Å². The predicted octanol–water partition coefficient (Wildman–Crippen LogP) is 4.46. The Morgan fingerprint density at radius 3 is 2.26 bits per heavy atom. The maximum atomic E-state index is 11.9. The summed E-state index contributed by atoms with van der Waals surface area (Å²) >= 11 is 0. The van der Waals surface area contributed by atoms with Gasteiger partial charge in [0.2, 0.25) is 5.91 Å². The summed E-state index contributed by atoms with van der Waals surface area (Å²) in [7, 11) is 3.22. The second kappa shape index (κ2) is 11.8. The molecule has 0 aliphatic rings. The maximum Gasteiger partial charge on any atom is 0.220 e. The molecule has 1 rings (SSSR count). The van der Waals surface area contributed by atoms with Gasteiger partial charge < -0.3 is 14.8 Å². The molecule has 23 heavy (non-hydrogen) atoms. The number of carbonyl (C=O) groups excluding carboxylic acids is 1. The lowest BCUT2D eigenvalue weighted by atomic mass is 10.1. The van der Waals surface area contributed by atoms with Crippen molar-refractivity contribution in [2.45, 2.75) is 64.8 Å². The summed E-state index contributed by atoms with van der Waals surface area (Å²) in [6.07, 6.45) is 9.19. The van der Waals surface area contributed by atoms with Crippen molar-refractivity contribution < 1.29 is 14.3 Å². The minimum absolute atomic E-state index is 0.119. The van der Waals surface area contributed by atoms with Crippen molar-refractivity contribution in [3.05, 3.63) is 23.8 Å². The van der Waals surface area contributed by atoms with E-state index in [-0.39, 0.29) is 5.91 Å². The molecule has 0 heterocycles. The zero-order valence-electron chi connectivity index (χ0n) is 14.8. The van der Waals surface area contributed by atoms with Crippen LogP contribution in [0.4, 0.5) is 0 Å². The summed E-state index contributed by atoms with van der Waals surface area (Å²) in [5, 5.41) is 2.96. The van der Waals surface area contributed by atoms with Crippen LogP contribution in [0.2, 0.25) is 0 Å². The van der Waals surface area contributed by atoms with E-state index in [2.05, 4.69) is 12.2 Å². The lowest BCUT2D eigenvalue weighted by molar-refractivity contribution is -0.121. The molecule has 0 bridgehead atoms. The average Bonchev–Trinajstić information content (AvgIpc) is 2.58. The molecule has 0 aromatic heterocycles. The average molecular weight is 321 g/mol. The number of hydrogen-bond acceptors (Lipinski definition) is 3. The molecule has 1 amide bonds. The summed E-state index contributed by atoms with van der Waals surface area (Å²) < 4.78 is 10.5. The van der Waals surface area contributed by atoms with E-state index in [1.165, 1.54) is 32.1 Å². The molecule has 0 aliphatic carbocycles. The molecule has 0 unspecified atom stereocenters. The summed E-state index contributed by atoms with van der Waals surface area (Å²) in [5.74, 6) is 1.50. The molecule has 0 fully saturated rings. The highest BCUT2D eigenvalue weighted by atomic mass is 16.5. The fourth-order valence-corrected chi connectivity index (χ4v) is 2.52. The molecular formula is C19H31NO3. The first-order valence-electron chi connectivity index (χ1n) is 8.68. The first-order chi connectivity index (χ1) is 11.2. The Labute approximate surface area is 140 Å². The quantitative estimate of drug-likeness (QED) is 0.578. The smallest absolute Gasteiger partial charge is 0.220 e. The number of carbonyl (C=O) groups is 1. The monoisotopic (exact) mass is 321 g/mol. The molecule has 0 atom stereocenters. The summed E-state index contributed by atoms with van der Waals surface area (Å²) in [4.78, 5) is 11.9. The molecule has 4 heteroatoms. The second-order valence-electron chi connectivity index (χ2n) is 5.84. The van der Waals surface area contributed by atoms with E-state index < -0.39 is 0 Å². The largest absolute Gasteiger partial charge is 0.493 e. The van der Waals surface area contributed by atoms with Crippen molar-refractivity contribution in [2.24, 2.45) is 0 Å². The molecule has 0 saturated carbocycles. The molecule has 4 nitrogen and oxygen atoms in total. The van der Waals surface area contributed by atoms with Crippen molar-refractivity contribution in [1.82, 2.24) is 5.32 Å². The number of ether oxygens (including phenoxy) is 2. The Morgan fingerprint density at radius 1 is 0.957 bits per heavy atom. The molecule has 0 spiro atoms. The molecule has 1 aromatic rings. The van der Waals surface area contributed by atoms with E-state index in [1.807, 2.05) is 18.2 Å². The molecule has 0 aliphatic heterocycles. The SMILES string of the molecule is CCCCCCCCCC(=O)NCc1ccc(OC)c(OC)c1. The van der Waals surface area contributed by atoms with Gasteiger partial charge in [0.1, 0.15) is 0 Å². The van der Waals surface area contributed by atoms with Gasteiger partial charge in [-0.3, -0.25) is 4.79 Å². The van der Waals surface area contributed by atoms with Crippen molar-refractivity contribution in [2.75, 3.05) is 14.2 Å². The predicted molar refractivity (Wildman–Crippen MR) is 94.0 cm³/mol. The fraction of sp³-hybridized carbons (Fsp3) is 0.632. The van der Waals surface area contributed by atoms with E-state index in [0.29, 0.717) is 24.5 Å². The van der Waals surface area contributed by atoms with Gasteiger partial charge in [0.25, 0.3) is 0 Å². The molecule has 1 N–H and O–H groups in total. The Bertz CT molecular complexity index is 460. The van der Waals surface area contributed by atoms with E-state index in [4.69, 9.17) is 9.47 Å². The number of hydrogen-bond donors (Lipinski definition) is 1. The van der Waals surface area contributed by atoms with Crippen LogP contribution in [0.3, 0.4) is 0 Å². The van der Waals surface area contributed by atoms with Crippen LogP contribution < -0.4 is 14.8 Å². The van der Waals surface area contributed by atoms with Gasteiger partial charge in [-0.05, 0) is 24.1 Å². The second-order valence-corrected chi connectivity index (χ2v) is 5.84. The normalized spacial score (nSPS) is 10.4. The lowest BCUT2D eigenvalue weighted by Crippen LogP contribution is -2.22. The highest BCUT2D eigenvalue weighted by Gasteiger charge is 2.06. The van der Waals surface area contributed by atoms with Crippen molar-refractivity contribution in [1.29, 1.82) is 0 Å². The van der Waals surface area contributed by atoms with Crippen LogP contribution in [0.5, 0.6) is 11.5 Å².